The van der Waals surface area contributed by atoms with Crippen LogP contribution in [0.1, 0.15) is 16.8 Å². The number of thiazole rings is 1. The Morgan fingerprint density at radius 3 is 2.50 bits per heavy atom. The van der Waals surface area contributed by atoms with Gasteiger partial charge in [-0.15, -0.1) is 11.3 Å². The summed E-state index contributed by atoms with van der Waals surface area (Å²) in [5.74, 6) is 0. The normalized spacial score (nSPS) is 10.6. The number of nitrogens with two attached hydrogens (primary N) is 1. The van der Waals surface area contributed by atoms with Crippen molar-refractivity contribution in [2.24, 2.45) is 5.73 Å². The van der Waals surface area contributed by atoms with Crippen molar-refractivity contribution in [2.75, 3.05) is 0 Å². The predicted octanol–water partition coefficient (Wildman–Crippen LogP) is 1.89. The standard InChI is InChI=1S/C12H15N3S/c13-5-10-1-3-11(4-2-10)6-14-7-12-8-16-9-15-12/h1-4,8-9,14H,5-7,13H2. The molecule has 1 aromatic heterocycles. The molecule has 3 N–H and O–H groups in total. The maximum absolute atomic E-state index is 5.54. The van der Waals surface area contributed by atoms with Gasteiger partial charge in [-0.2, -0.15) is 0 Å². The molecule has 0 bridgehead atoms. The molecule has 16 heavy (non-hydrogen) atoms. The zero-order valence-corrected chi connectivity index (χ0v) is 9.83. The molecule has 0 atom stereocenters. The van der Waals surface area contributed by atoms with E-state index in [-0.39, 0.29) is 0 Å². The third-order valence-electron chi connectivity index (χ3n) is 2.38. The molecule has 3 nitrogen and oxygen atoms in total. The molecule has 2 rings (SSSR count). The summed E-state index contributed by atoms with van der Waals surface area (Å²) in [5.41, 5.74) is 10.9. The van der Waals surface area contributed by atoms with Crippen molar-refractivity contribution in [1.29, 1.82) is 0 Å². The van der Waals surface area contributed by atoms with Crippen LogP contribution < -0.4 is 11.1 Å². The monoisotopic (exact) mass is 233 g/mol. The summed E-state index contributed by atoms with van der Waals surface area (Å²) in [7, 11) is 0. The molecule has 0 aliphatic rings. The van der Waals surface area contributed by atoms with E-state index in [0.29, 0.717) is 6.54 Å². The molecule has 0 saturated heterocycles. The van der Waals surface area contributed by atoms with Gasteiger partial charge in [0.25, 0.3) is 0 Å². The molecule has 2 aromatic rings. The molecule has 1 heterocycles. The van der Waals surface area contributed by atoms with Gasteiger partial charge in [-0.25, -0.2) is 4.98 Å². The lowest BCUT2D eigenvalue weighted by atomic mass is 10.1. The van der Waals surface area contributed by atoms with Crippen molar-refractivity contribution in [3.63, 3.8) is 0 Å². The summed E-state index contributed by atoms with van der Waals surface area (Å²) in [6.07, 6.45) is 0. The fourth-order valence-corrected chi connectivity index (χ4v) is 2.01. The molecule has 0 saturated carbocycles. The van der Waals surface area contributed by atoms with Crippen LogP contribution in [0.5, 0.6) is 0 Å². The molecule has 0 aliphatic carbocycles. The van der Waals surface area contributed by atoms with Crippen molar-refractivity contribution >= 4 is 11.3 Å². The van der Waals surface area contributed by atoms with Gasteiger partial charge in [0.2, 0.25) is 0 Å². The lowest BCUT2D eigenvalue weighted by Gasteiger charge is -2.04. The van der Waals surface area contributed by atoms with Crippen molar-refractivity contribution in [3.8, 4) is 0 Å². The van der Waals surface area contributed by atoms with E-state index in [4.69, 9.17) is 5.73 Å². The molecule has 0 unspecified atom stereocenters. The lowest BCUT2D eigenvalue weighted by molar-refractivity contribution is 0.682. The Bertz CT molecular complexity index is 408. The second-order valence-corrected chi connectivity index (χ2v) is 4.32. The van der Waals surface area contributed by atoms with Crippen molar-refractivity contribution < 1.29 is 0 Å². The zero-order chi connectivity index (χ0) is 11.2. The molecular weight excluding hydrogens is 218 g/mol. The van der Waals surface area contributed by atoms with Crippen LogP contribution in [-0.4, -0.2) is 4.98 Å². The van der Waals surface area contributed by atoms with E-state index in [1.165, 1.54) is 11.1 Å². The van der Waals surface area contributed by atoms with E-state index in [1.54, 1.807) is 11.3 Å². The third-order valence-corrected chi connectivity index (χ3v) is 3.01. The molecule has 4 heteroatoms. The Morgan fingerprint density at radius 1 is 1.12 bits per heavy atom. The highest BCUT2D eigenvalue weighted by Gasteiger charge is 1.96. The maximum Gasteiger partial charge on any atom is 0.0795 e. The maximum atomic E-state index is 5.54. The largest absolute Gasteiger partial charge is 0.326 e. The highest BCUT2D eigenvalue weighted by molar-refractivity contribution is 7.07. The molecule has 0 radical (unpaired) electrons. The SMILES string of the molecule is NCc1ccc(CNCc2cscn2)cc1. The molecule has 0 spiro atoms. The van der Waals surface area contributed by atoms with Crippen LogP contribution in [0.25, 0.3) is 0 Å². The van der Waals surface area contributed by atoms with Gasteiger partial charge in [0.15, 0.2) is 0 Å². The molecule has 84 valence electrons. The minimum Gasteiger partial charge on any atom is -0.326 e. The van der Waals surface area contributed by atoms with Crippen LogP contribution in [0.4, 0.5) is 0 Å². The van der Waals surface area contributed by atoms with Crippen LogP contribution in [0.15, 0.2) is 35.2 Å². The fraction of sp³-hybridized carbons (Fsp3) is 0.250. The smallest absolute Gasteiger partial charge is 0.0795 e. The van der Waals surface area contributed by atoms with Gasteiger partial charge in [-0.05, 0) is 11.1 Å². The Kier molecular flexibility index (Phi) is 4.04. The molecule has 0 fully saturated rings. The van der Waals surface area contributed by atoms with Crippen molar-refractivity contribution in [2.45, 2.75) is 19.6 Å². The van der Waals surface area contributed by atoms with Crippen molar-refractivity contribution in [1.82, 2.24) is 10.3 Å². The molecule has 0 amide bonds. The minimum absolute atomic E-state index is 0.604. The van der Waals surface area contributed by atoms with E-state index in [1.807, 2.05) is 5.51 Å². The summed E-state index contributed by atoms with van der Waals surface area (Å²) < 4.78 is 0. The first-order valence-corrected chi connectivity index (χ1v) is 6.18. The van der Waals surface area contributed by atoms with E-state index in [0.717, 1.165) is 18.8 Å². The summed E-state index contributed by atoms with van der Waals surface area (Å²) in [6, 6.07) is 8.35. The van der Waals surface area contributed by atoms with E-state index >= 15 is 0 Å². The third kappa shape index (κ3) is 3.13. The second-order valence-electron chi connectivity index (χ2n) is 3.60. The topological polar surface area (TPSA) is 50.9 Å². The summed E-state index contributed by atoms with van der Waals surface area (Å²) in [5, 5.41) is 5.41. The molecule has 0 aliphatic heterocycles. The minimum atomic E-state index is 0.604. The number of benzene rings is 1. The quantitative estimate of drug-likeness (QED) is 0.829. The van der Waals surface area contributed by atoms with Gasteiger partial charge < -0.3 is 11.1 Å². The molecule has 1 aromatic carbocycles. The van der Waals surface area contributed by atoms with Crippen LogP contribution in [0.3, 0.4) is 0 Å². The highest BCUT2D eigenvalue weighted by atomic mass is 32.1. The van der Waals surface area contributed by atoms with Crippen LogP contribution in [-0.2, 0) is 19.6 Å². The fourth-order valence-electron chi connectivity index (χ4n) is 1.45. The number of rotatable bonds is 5. The lowest BCUT2D eigenvalue weighted by Crippen LogP contribution is -2.12. The highest BCUT2D eigenvalue weighted by Crippen LogP contribution is 2.04. The first-order chi connectivity index (χ1) is 7.88. The van der Waals surface area contributed by atoms with Gasteiger partial charge in [-0.1, -0.05) is 24.3 Å². The summed E-state index contributed by atoms with van der Waals surface area (Å²) in [4.78, 5) is 4.21. The average Bonchev–Trinajstić information content (AvgIpc) is 2.83. The van der Waals surface area contributed by atoms with Gasteiger partial charge in [0.1, 0.15) is 0 Å². The number of nitrogens with one attached hydrogen (secondary N) is 1. The van der Waals surface area contributed by atoms with Gasteiger partial charge in [-0.3, -0.25) is 0 Å². The van der Waals surface area contributed by atoms with Gasteiger partial charge in [0, 0.05) is 25.0 Å². The van der Waals surface area contributed by atoms with Crippen molar-refractivity contribution in [3.05, 3.63) is 52.0 Å². The Hall–Kier alpha value is -1.23. The average molecular weight is 233 g/mol. The Balaban J connectivity index is 1.81. The number of hydrogen-bond donors (Lipinski definition) is 2. The van der Waals surface area contributed by atoms with E-state index < -0.39 is 0 Å². The van der Waals surface area contributed by atoms with Crippen LogP contribution >= 0.6 is 11.3 Å². The van der Waals surface area contributed by atoms with Gasteiger partial charge in [0.05, 0.1) is 11.2 Å². The number of nitrogens with zero attached hydrogens (tertiary/aromatic N) is 1. The van der Waals surface area contributed by atoms with E-state index in [9.17, 15) is 0 Å². The predicted molar refractivity (Wildman–Crippen MR) is 67.0 cm³/mol. The molecular formula is C12H15N3S. The Labute approximate surface area is 99.3 Å². The second kappa shape index (κ2) is 5.75. The van der Waals surface area contributed by atoms with Gasteiger partial charge >= 0.3 is 0 Å². The van der Waals surface area contributed by atoms with Crippen LogP contribution in [0.2, 0.25) is 0 Å². The summed E-state index contributed by atoms with van der Waals surface area (Å²) >= 11 is 1.63. The van der Waals surface area contributed by atoms with E-state index in [2.05, 4.69) is 39.9 Å². The Morgan fingerprint density at radius 2 is 1.88 bits per heavy atom. The number of aromatic nitrogens is 1. The zero-order valence-electron chi connectivity index (χ0n) is 9.02. The number of hydrogen-bond acceptors (Lipinski definition) is 4. The first kappa shape index (κ1) is 11.3. The first-order valence-electron chi connectivity index (χ1n) is 5.24. The van der Waals surface area contributed by atoms with Crippen LogP contribution in [0, 0.1) is 0 Å². The summed E-state index contributed by atoms with van der Waals surface area (Å²) in [6.45, 7) is 2.29.